The molecule has 5 heteroatoms. The van der Waals surface area contributed by atoms with E-state index in [0.29, 0.717) is 6.42 Å². The van der Waals surface area contributed by atoms with E-state index in [2.05, 4.69) is 41.4 Å². The van der Waals surface area contributed by atoms with Gasteiger partial charge in [0, 0.05) is 38.6 Å². The van der Waals surface area contributed by atoms with Crippen LogP contribution in [0.1, 0.15) is 51.5 Å². The van der Waals surface area contributed by atoms with E-state index in [1.807, 2.05) is 17.9 Å². The first-order valence-electron chi connectivity index (χ1n) is 10.4. The number of carbonyl (C=O) groups excluding carboxylic acids is 2. The fourth-order valence-electron chi connectivity index (χ4n) is 4.21. The van der Waals surface area contributed by atoms with Gasteiger partial charge in [-0.1, -0.05) is 37.3 Å². The minimum absolute atomic E-state index is 0.0621. The summed E-state index contributed by atoms with van der Waals surface area (Å²) in [7, 11) is 0. The molecular formula is C22H33N3O2. The number of nitrogens with zero attached hydrogens (tertiary/aromatic N) is 2. The lowest BCUT2D eigenvalue weighted by Crippen LogP contribution is -2.54. The zero-order chi connectivity index (χ0) is 19.3. The summed E-state index contributed by atoms with van der Waals surface area (Å²) in [5.74, 6) is 0.286. The smallest absolute Gasteiger partial charge is 0.317 e. The van der Waals surface area contributed by atoms with E-state index in [4.69, 9.17) is 0 Å². The summed E-state index contributed by atoms with van der Waals surface area (Å²) >= 11 is 0. The molecule has 27 heavy (non-hydrogen) atoms. The highest BCUT2D eigenvalue weighted by molar-refractivity contribution is 5.77. The molecule has 2 aliphatic heterocycles. The molecule has 1 aromatic rings. The van der Waals surface area contributed by atoms with E-state index in [1.165, 1.54) is 5.56 Å². The Bertz CT molecular complexity index is 638. The van der Waals surface area contributed by atoms with E-state index >= 15 is 0 Å². The number of piperidine rings is 2. The Morgan fingerprint density at radius 2 is 1.89 bits per heavy atom. The predicted molar refractivity (Wildman–Crippen MR) is 107 cm³/mol. The highest BCUT2D eigenvalue weighted by Gasteiger charge is 2.41. The van der Waals surface area contributed by atoms with E-state index in [-0.39, 0.29) is 23.4 Å². The van der Waals surface area contributed by atoms with Crippen LogP contribution in [0.5, 0.6) is 0 Å². The molecule has 3 amide bonds. The van der Waals surface area contributed by atoms with Gasteiger partial charge in [-0.2, -0.15) is 0 Å². The van der Waals surface area contributed by atoms with Crippen LogP contribution in [0.15, 0.2) is 30.3 Å². The summed E-state index contributed by atoms with van der Waals surface area (Å²) in [6, 6.07) is 10.7. The topological polar surface area (TPSA) is 52.7 Å². The van der Waals surface area contributed by atoms with Crippen molar-refractivity contribution >= 4 is 11.9 Å². The van der Waals surface area contributed by atoms with Gasteiger partial charge in [0.2, 0.25) is 5.91 Å². The van der Waals surface area contributed by atoms with Gasteiger partial charge in [-0.05, 0) is 50.0 Å². The number of urea groups is 1. The van der Waals surface area contributed by atoms with Gasteiger partial charge in [-0.3, -0.25) is 4.79 Å². The van der Waals surface area contributed by atoms with Gasteiger partial charge in [0.25, 0.3) is 0 Å². The molecule has 1 aromatic carbocycles. The molecule has 0 aromatic heterocycles. The first-order valence-corrected chi connectivity index (χ1v) is 10.4. The fraction of sp³-hybridized carbons (Fsp3) is 0.636. The van der Waals surface area contributed by atoms with Crippen molar-refractivity contribution in [3.8, 4) is 0 Å². The Kier molecular flexibility index (Phi) is 6.40. The van der Waals surface area contributed by atoms with Crippen LogP contribution in [-0.2, 0) is 11.2 Å². The van der Waals surface area contributed by atoms with Crippen molar-refractivity contribution in [3.05, 3.63) is 35.9 Å². The van der Waals surface area contributed by atoms with Gasteiger partial charge in [0.05, 0.1) is 0 Å². The van der Waals surface area contributed by atoms with Crippen molar-refractivity contribution in [1.82, 2.24) is 15.1 Å². The molecular weight excluding hydrogens is 338 g/mol. The van der Waals surface area contributed by atoms with Crippen molar-refractivity contribution in [2.24, 2.45) is 5.41 Å². The third kappa shape index (κ3) is 5.02. The number of rotatable bonds is 5. The molecule has 2 saturated heterocycles. The number of likely N-dealkylation sites (tertiary alicyclic amines) is 2. The molecule has 1 spiro atoms. The maximum absolute atomic E-state index is 12.4. The summed E-state index contributed by atoms with van der Waals surface area (Å²) in [5.41, 5.74) is 1.47. The van der Waals surface area contributed by atoms with Gasteiger partial charge in [0.1, 0.15) is 0 Å². The van der Waals surface area contributed by atoms with Crippen LogP contribution in [0.3, 0.4) is 0 Å². The fourth-order valence-corrected chi connectivity index (χ4v) is 4.21. The minimum atomic E-state index is 0.0621. The molecule has 1 atom stereocenters. The molecule has 2 aliphatic rings. The third-order valence-electron chi connectivity index (χ3n) is 6.35. The first kappa shape index (κ1) is 19.7. The summed E-state index contributed by atoms with van der Waals surface area (Å²) in [4.78, 5) is 28.8. The zero-order valence-corrected chi connectivity index (χ0v) is 16.7. The summed E-state index contributed by atoms with van der Waals surface area (Å²) in [6.45, 7) is 7.36. The molecule has 1 N–H and O–H groups in total. The summed E-state index contributed by atoms with van der Waals surface area (Å²) < 4.78 is 0. The number of amides is 3. The minimum Gasteiger partial charge on any atom is -0.342 e. The van der Waals surface area contributed by atoms with E-state index in [1.54, 1.807) is 0 Å². The van der Waals surface area contributed by atoms with Crippen LogP contribution < -0.4 is 5.32 Å². The number of nitrogens with one attached hydrogen (secondary N) is 1. The normalized spacial score (nSPS) is 20.6. The van der Waals surface area contributed by atoms with Crippen LogP contribution in [-0.4, -0.2) is 54.0 Å². The molecule has 2 fully saturated rings. The van der Waals surface area contributed by atoms with Gasteiger partial charge < -0.3 is 15.1 Å². The number of hydrogen-bond donors (Lipinski definition) is 1. The van der Waals surface area contributed by atoms with Gasteiger partial charge in [0.15, 0.2) is 0 Å². The van der Waals surface area contributed by atoms with Gasteiger partial charge in [-0.15, -0.1) is 0 Å². The number of carbonyl (C=O) groups is 2. The molecule has 2 heterocycles. The lowest BCUT2D eigenvalue weighted by Gasteiger charge is -2.47. The second-order valence-electron chi connectivity index (χ2n) is 8.30. The SMILES string of the molecule is CC[C@H](C)NC(=O)N1CCC2(CCC(=O)N(CCc3ccccc3)C2)CC1. The van der Waals surface area contributed by atoms with Gasteiger partial charge >= 0.3 is 6.03 Å². The molecule has 0 bridgehead atoms. The highest BCUT2D eigenvalue weighted by atomic mass is 16.2. The molecule has 0 saturated carbocycles. The van der Waals surface area contributed by atoms with Crippen LogP contribution in [0.25, 0.3) is 0 Å². The molecule has 0 aliphatic carbocycles. The lowest BCUT2D eigenvalue weighted by atomic mass is 9.72. The van der Waals surface area contributed by atoms with Crippen molar-refractivity contribution in [3.63, 3.8) is 0 Å². The van der Waals surface area contributed by atoms with Crippen molar-refractivity contribution < 1.29 is 9.59 Å². The Morgan fingerprint density at radius 1 is 1.19 bits per heavy atom. The maximum atomic E-state index is 12.4. The average molecular weight is 372 g/mol. The third-order valence-corrected chi connectivity index (χ3v) is 6.35. The molecule has 0 unspecified atom stereocenters. The second kappa shape index (κ2) is 8.77. The quantitative estimate of drug-likeness (QED) is 0.862. The number of hydrogen-bond acceptors (Lipinski definition) is 2. The maximum Gasteiger partial charge on any atom is 0.317 e. The second-order valence-corrected chi connectivity index (χ2v) is 8.30. The standard InChI is InChI=1S/C22H33N3O2/c1-3-18(2)23-21(27)24-15-12-22(13-16-24)11-9-20(26)25(17-22)14-10-19-7-5-4-6-8-19/h4-8,18H,3,9-17H2,1-2H3,(H,23,27)/t18-/m0/s1. The number of benzene rings is 1. The summed E-state index contributed by atoms with van der Waals surface area (Å²) in [5, 5.41) is 3.07. The Labute approximate surface area is 163 Å². The largest absolute Gasteiger partial charge is 0.342 e. The monoisotopic (exact) mass is 371 g/mol. The molecule has 148 valence electrons. The van der Waals surface area contributed by atoms with Crippen LogP contribution >= 0.6 is 0 Å². The Balaban J connectivity index is 1.53. The van der Waals surface area contributed by atoms with Gasteiger partial charge in [-0.25, -0.2) is 4.79 Å². The van der Waals surface area contributed by atoms with Crippen LogP contribution in [0.2, 0.25) is 0 Å². The van der Waals surface area contributed by atoms with Crippen molar-refractivity contribution in [2.45, 2.75) is 58.4 Å². The van der Waals surface area contributed by atoms with E-state index < -0.39 is 0 Å². The Morgan fingerprint density at radius 3 is 2.56 bits per heavy atom. The first-order chi connectivity index (χ1) is 13.0. The van der Waals surface area contributed by atoms with E-state index in [9.17, 15) is 9.59 Å². The molecule has 3 rings (SSSR count). The van der Waals surface area contributed by atoms with Crippen LogP contribution in [0.4, 0.5) is 4.79 Å². The molecule has 5 nitrogen and oxygen atoms in total. The predicted octanol–water partition coefficient (Wildman–Crippen LogP) is 3.44. The zero-order valence-electron chi connectivity index (χ0n) is 16.7. The average Bonchev–Trinajstić information content (AvgIpc) is 2.70. The highest BCUT2D eigenvalue weighted by Crippen LogP contribution is 2.40. The Hall–Kier alpha value is -2.04. The van der Waals surface area contributed by atoms with E-state index in [0.717, 1.165) is 58.3 Å². The van der Waals surface area contributed by atoms with Crippen molar-refractivity contribution in [1.29, 1.82) is 0 Å². The van der Waals surface area contributed by atoms with Crippen molar-refractivity contribution in [2.75, 3.05) is 26.2 Å². The summed E-state index contributed by atoms with van der Waals surface area (Å²) in [6.07, 6.45) is 5.46. The van der Waals surface area contributed by atoms with Crippen LogP contribution in [0, 0.1) is 5.41 Å². The molecule has 0 radical (unpaired) electrons. The lowest BCUT2D eigenvalue weighted by molar-refractivity contribution is -0.138.